The first-order valence-corrected chi connectivity index (χ1v) is 5.38. The fourth-order valence-electron chi connectivity index (χ4n) is 1.87. The minimum absolute atomic E-state index is 0.444. The molecule has 1 aliphatic carbocycles. The van der Waals surface area contributed by atoms with E-state index in [1.807, 2.05) is 12.1 Å². The largest absolute Gasteiger partial charge is 0.382 e. The Balaban J connectivity index is 2.36. The Labute approximate surface area is 91.1 Å². The highest BCUT2D eigenvalue weighted by molar-refractivity contribution is 9.10. The SMILES string of the molecule is O=CC1(O)CCc2cc(Br)ccc2C1. The molecule has 0 saturated heterocycles. The summed E-state index contributed by atoms with van der Waals surface area (Å²) in [5.74, 6) is 0. The molecule has 74 valence electrons. The number of aliphatic hydroxyl groups is 1. The second-order valence-corrected chi connectivity index (χ2v) is 4.73. The van der Waals surface area contributed by atoms with E-state index >= 15 is 0 Å². The summed E-state index contributed by atoms with van der Waals surface area (Å²) in [6, 6.07) is 5.96. The Morgan fingerprint density at radius 2 is 2.21 bits per heavy atom. The Morgan fingerprint density at radius 3 is 2.93 bits per heavy atom. The van der Waals surface area contributed by atoms with E-state index in [-0.39, 0.29) is 0 Å². The monoisotopic (exact) mass is 254 g/mol. The smallest absolute Gasteiger partial charge is 0.151 e. The Hall–Kier alpha value is -0.670. The molecule has 0 aromatic heterocycles. The van der Waals surface area contributed by atoms with Gasteiger partial charge in [0.15, 0.2) is 6.29 Å². The van der Waals surface area contributed by atoms with Gasteiger partial charge in [-0.05, 0) is 36.1 Å². The molecule has 0 spiro atoms. The van der Waals surface area contributed by atoms with Crippen LogP contribution in [0.1, 0.15) is 17.5 Å². The number of aldehydes is 1. The molecule has 0 bridgehead atoms. The maximum Gasteiger partial charge on any atom is 0.151 e. The average Bonchev–Trinajstić information content (AvgIpc) is 2.19. The summed E-state index contributed by atoms with van der Waals surface area (Å²) in [4.78, 5) is 10.7. The topological polar surface area (TPSA) is 37.3 Å². The van der Waals surface area contributed by atoms with Gasteiger partial charge in [-0.3, -0.25) is 0 Å². The van der Waals surface area contributed by atoms with Gasteiger partial charge in [0.25, 0.3) is 0 Å². The molecule has 3 heteroatoms. The molecule has 0 saturated carbocycles. The van der Waals surface area contributed by atoms with Crippen molar-refractivity contribution in [3.8, 4) is 0 Å². The molecular weight excluding hydrogens is 244 g/mol. The van der Waals surface area contributed by atoms with Gasteiger partial charge in [-0.1, -0.05) is 22.0 Å². The van der Waals surface area contributed by atoms with Crippen LogP contribution in [-0.4, -0.2) is 17.0 Å². The van der Waals surface area contributed by atoms with Crippen molar-refractivity contribution in [2.24, 2.45) is 0 Å². The summed E-state index contributed by atoms with van der Waals surface area (Å²) in [6.45, 7) is 0. The number of hydrogen-bond acceptors (Lipinski definition) is 2. The number of carbonyl (C=O) groups excluding carboxylic acids is 1. The van der Waals surface area contributed by atoms with Crippen molar-refractivity contribution in [3.63, 3.8) is 0 Å². The zero-order valence-corrected chi connectivity index (χ0v) is 9.25. The third-order valence-electron chi connectivity index (χ3n) is 2.71. The van der Waals surface area contributed by atoms with Gasteiger partial charge in [0.05, 0.1) is 0 Å². The molecule has 0 radical (unpaired) electrons. The lowest BCUT2D eigenvalue weighted by Crippen LogP contribution is -2.37. The van der Waals surface area contributed by atoms with E-state index in [1.54, 1.807) is 0 Å². The van der Waals surface area contributed by atoms with E-state index in [0.717, 1.165) is 16.5 Å². The highest BCUT2D eigenvalue weighted by Crippen LogP contribution is 2.29. The number of halogens is 1. The summed E-state index contributed by atoms with van der Waals surface area (Å²) in [6.07, 6.45) is 2.40. The van der Waals surface area contributed by atoms with E-state index in [0.29, 0.717) is 19.1 Å². The summed E-state index contributed by atoms with van der Waals surface area (Å²) in [5.41, 5.74) is 1.17. The van der Waals surface area contributed by atoms with Gasteiger partial charge in [0.1, 0.15) is 5.60 Å². The molecule has 1 aliphatic rings. The summed E-state index contributed by atoms with van der Waals surface area (Å²) < 4.78 is 1.05. The molecule has 2 nitrogen and oxygen atoms in total. The summed E-state index contributed by atoms with van der Waals surface area (Å²) in [5, 5.41) is 9.82. The zero-order valence-electron chi connectivity index (χ0n) is 7.66. The molecule has 2 rings (SSSR count). The van der Waals surface area contributed by atoms with Gasteiger partial charge in [-0.25, -0.2) is 0 Å². The maximum atomic E-state index is 10.7. The lowest BCUT2D eigenvalue weighted by Gasteiger charge is -2.28. The standard InChI is InChI=1S/C11H11BrO2/c12-10-2-1-9-6-11(14,7-13)4-3-8(9)5-10/h1-2,5,7,14H,3-4,6H2. The van der Waals surface area contributed by atoms with Crippen LogP contribution in [-0.2, 0) is 17.6 Å². The normalized spacial score (nSPS) is 25.6. The Kier molecular flexibility index (Phi) is 2.45. The fraction of sp³-hybridized carbons (Fsp3) is 0.364. The highest BCUT2D eigenvalue weighted by Gasteiger charge is 2.31. The van der Waals surface area contributed by atoms with Crippen molar-refractivity contribution in [2.45, 2.75) is 24.9 Å². The number of rotatable bonds is 1. The first-order chi connectivity index (χ1) is 6.63. The molecule has 1 unspecified atom stereocenters. The third kappa shape index (κ3) is 1.74. The first-order valence-electron chi connectivity index (χ1n) is 4.59. The van der Waals surface area contributed by atoms with Crippen LogP contribution in [0.2, 0.25) is 0 Å². The van der Waals surface area contributed by atoms with E-state index in [1.165, 1.54) is 5.56 Å². The fourth-order valence-corrected chi connectivity index (χ4v) is 2.28. The lowest BCUT2D eigenvalue weighted by atomic mass is 9.81. The van der Waals surface area contributed by atoms with Crippen LogP contribution in [0.3, 0.4) is 0 Å². The minimum atomic E-state index is -1.14. The number of aryl methyl sites for hydroxylation is 1. The molecule has 0 amide bonds. The quantitative estimate of drug-likeness (QED) is 0.778. The molecular formula is C11H11BrO2. The van der Waals surface area contributed by atoms with Gasteiger partial charge in [0.2, 0.25) is 0 Å². The van der Waals surface area contributed by atoms with Gasteiger partial charge in [0, 0.05) is 10.9 Å². The molecule has 0 heterocycles. The average molecular weight is 255 g/mol. The van der Waals surface area contributed by atoms with E-state index < -0.39 is 5.60 Å². The van der Waals surface area contributed by atoms with Crippen molar-refractivity contribution >= 4 is 22.2 Å². The van der Waals surface area contributed by atoms with Crippen LogP contribution in [0.4, 0.5) is 0 Å². The van der Waals surface area contributed by atoms with Crippen molar-refractivity contribution in [2.75, 3.05) is 0 Å². The molecule has 1 aromatic rings. The van der Waals surface area contributed by atoms with Crippen LogP contribution in [0.15, 0.2) is 22.7 Å². The number of carbonyl (C=O) groups is 1. The Morgan fingerprint density at radius 1 is 1.43 bits per heavy atom. The maximum absolute atomic E-state index is 10.7. The first kappa shape index (κ1) is 9.87. The molecule has 1 N–H and O–H groups in total. The number of hydrogen-bond donors (Lipinski definition) is 1. The Bertz CT molecular complexity index is 376. The number of fused-ring (bicyclic) bond motifs is 1. The van der Waals surface area contributed by atoms with Crippen LogP contribution >= 0.6 is 15.9 Å². The van der Waals surface area contributed by atoms with E-state index in [4.69, 9.17) is 0 Å². The van der Waals surface area contributed by atoms with Crippen LogP contribution in [0.5, 0.6) is 0 Å². The van der Waals surface area contributed by atoms with Crippen molar-refractivity contribution in [3.05, 3.63) is 33.8 Å². The van der Waals surface area contributed by atoms with Crippen LogP contribution in [0.25, 0.3) is 0 Å². The van der Waals surface area contributed by atoms with Gasteiger partial charge in [-0.15, -0.1) is 0 Å². The van der Waals surface area contributed by atoms with E-state index in [2.05, 4.69) is 22.0 Å². The molecule has 0 fully saturated rings. The van der Waals surface area contributed by atoms with Gasteiger partial charge >= 0.3 is 0 Å². The van der Waals surface area contributed by atoms with Crippen molar-refractivity contribution < 1.29 is 9.90 Å². The summed E-state index contributed by atoms with van der Waals surface area (Å²) >= 11 is 3.40. The third-order valence-corrected chi connectivity index (χ3v) is 3.20. The molecule has 14 heavy (non-hydrogen) atoms. The number of benzene rings is 1. The minimum Gasteiger partial charge on any atom is -0.382 e. The van der Waals surface area contributed by atoms with Crippen molar-refractivity contribution in [1.29, 1.82) is 0 Å². The second-order valence-electron chi connectivity index (χ2n) is 3.81. The molecule has 1 atom stereocenters. The zero-order chi connectivity index (χ0) is 10.2. The van der Waals surface area contributed by atoms with Gasteiger partial charge in [-0.2, -0.15) is 0 Å². The highest BCUT2D eigenvalue weighted by atomic mass is 79.9. The van der Waals surface area contributed by atoms with E-state index in [9.17, 15) is 9.90 Å². The van der Waals surface area contributed by atoms with Gasteiger partial charge < -0.3 is 9.90 Å². The predicted octanol–water partition coefficient (Wildman–Crippen LogP) is 1.87. The summed E-state index contributed by atoms with van der Waals surface area (Å²) in [7, 11) is 0. The lowest BCUT2D eigenvalue weighted by molar-refractivity contribution is -0.125. The molecule has 0 aliphatic heterocycles. The predicted molar refractivity (Wildman–Crippen MR) is 57.2 cm³/mol. The van der Waals surface area contributed by atoms with Crippen LogP contribution < -0.4 is 0 Å². The van der Waals surface area contributed by atoms with Crippen LogP contribution in [0, 0.1) is 0 Å². The second kappa shape index (κ2) is 3.48. The van der Waals surface area contributed by atoms with Crippen molar-refractivity contribution in [1.82, 2.24) is 0 Å². The molecule has 1 aromatic carbocycles.